The van der Waals surface area contributed by atoms with E-state index >= 15 is 0 Å². The minimum atomic E-state index is -3.72. The van der Waals surface area contributed by atoms with E-state index < -0.39 is 16.1 Å². The predicted molar refractivity (Wildman–Crippen MR) is 77.6 cm³/mol. The molecule has 4 nitrogen and oxygen atoms in total. The first-order chi connectivity index (χ1) is 8.27. The molecule has 1 unspecified atom stereocenters. The van der Waals surface area contributed by atoms with Gasteiger partial charge in [-0.2, -0.15) is 0 Å². The van der Waals surface area contributed by atoms with Crippen LogP contribution in [-0.4, -0.2) is 19.4 Å². The quantitative estimate of drug-likeness (QED) is 0.814. The zero-order chi connectivity index (χ0) is 13.9. The van der Waals surface area contributed by atoms with Gasteiger partial charge in [-0.15, -0.1) is 0 Å². The summed E-state index contributed by atoms with van der Waals surface area (Å²) in [4.78, 5) is 0.118. The van der Waals surface area contributed by atoms with Crippen molar-refractivity contribution >= 4 is 50.4 Å². The summed E-state index contributed by atoms with van der Waals surface area (Å²) >= 11 is 16.3. The van der Waals surface area contributed by atoms with E-state index in [1.807, 2.05) is 0 Å². The van der Waals surface area contributed by atoms with E-state index in [1.54, 1.807) is 6.92 Å². The Balaban J connectivity index is 3.06. The van der Waals surface area contributed by atoms with Gasteiger partial charge in [0, 0.05) is 0 Å². The maximum absolute atomic E-state index is 12.0. The Morgan fingerprint density at radius 3 is 2.50 bits per heavy atom. The number of nitrogens with two attached hydrogens (primary N) is 1. The summed E-state index contributed by atoms with van der Waals surface area (Å²) in [5.74, 6) is 0. The van der Waals surface area contributed by atoms with Crippen molar-refractivity contribution in [2.75, 3.05) is 0 Å². The molecule has 0 fully saturated rings. The van der Waals surface area contributed by atoms with Crippen molar-refractivity contribution in [2.24, 2.45) is 5.73 Å². The lowest BCUT2D eigenvalue weighted by Gasteiger charge is -2.15. The van der Waals surface area contributed by atoms with E-state index in [1.165, 1.54) is 18.2 Å². The van der Waals surface area contributed by atoms with Gasteiger partial charge in [-0.05, 0) is 24.6 Å². The molecule has 8 heteroatoms. The molecule has 0 spiro atoms. The second-order valence-corrected chi connectivity index (χ2v) is 6.56. The lowest BCUT2D eigenvalue weighted by Crippen LogP contribution is -2.42. The van der Waals surface area contributed by atoms with Gasteiger partial charge in [-0.1, -0.05) is 42.3 Å². The van der Waals surface area contributed by atoms with Gasteiger partial charge in [0.15, 0.2) is 0 Å². The Morgan fingerprint density at radius 1 is 1.44 bits per heavy atom. The van der Waals surface area contributed by atoms with Crippen LogP contribution in [0.25, 0.3) is 0 Å². The van der Waals surface area contributed by atoms with Gasteiger partial charge >= 0.3 is 0 Å². The van der Waals surface area contributed by atoms with Crippen LogP contribution in [0.3, 0.4) is 0 Å². The molecule has 0 aliphatic heterocycles. The lowest BCUT2D eigenvalue weighted by atomic mass is 10.2. The number of benzene rings is 1. The molecule has 0 amide bonds. The van der Waals surface area contributed by atoms with Crippen molar-refractivity contribution < 1.29 is 8.42 Å². The number of hydrogen-bond donors (Lipinski definition) is 2. The third-order valence-electron chi connectivity index (χ3n) is 2.25. The van der Waals surface area contributed by atoms with Crippen LogP contribution in [0.5, 0.6) is 0 Å². The largest absolute Gasteiger partial charge is 0.392 e. The molecule has 18 heavy (non-hydrogen) atoms. The predicted octanol–water partition coefficient (Wildman–Crippen LogP) is 2.34. The highest BCUT2D eigenvalue weighted by atomic mass is 35.5. The summed E-state index contributed by atoms with van der Waals surface area (Å²) in [5, 5.41) is 0.458. The average molecular weight is 327 g/mol. The van der Waals surface area contributed by atoms with Crippen LogP contribution >= 0.6 is 35.4 Å². The molecule has 0 saturated heterocycles. The number of halogens is 2. The Bertz CT molecular complexity index is 561. The van der Waals surface area contributed by atoms with E-state index in [-0.39, 0.29) is 19.9 Å². The highest BCUT2D eigenvalue weighted by Crippen LogP contribution is 2.24. The van der Waals surface area contributed by atoms with Crippen molar-refractivity contribution in [1.82, 2.24) is 4.72 Å². The fraction of sp³-hybridized carbons (Fsp3) is 0.300. The monoisotopic (exact) mass is 326 g/mol. The molecule has 0 bridgehead atoms. The minimum absolute atomic E-state index is 0.0200. The Morgan fingerprint density at radius 2 is 2.06 bits per heavy atom. The van der Waals surface area contributed by atoms with Gasteiger partial charge in [0.05, 0.1) is 26.0 Å². The molecular weight excluding hydrogens is 315 g/mol. The van der Waals surface area contributed by atoms with E-state index in [0.717, 1.165) is 0 Å². The van der Waals surface area contributed by atoms with Crippen LogP contribution in [0.2, 0.25) is 10.0 Å². The molecule has 100 valence electrons. The van der Waals surface area contributed by atoms with Crippen LogP contribution in [-0.2, 0) is 10.0 Å². The van der Waals surface area contributed by atoms with Crippen LogP contribution in [0.15, 0.2) is 23.1 Å². The van der Waals surface area contributed by atoms with Crippen LogP contribution in [0, 0.1) is 0 Å². The van der Waals surface area contributed by atoms with Gasteiger partial charge in [-0.3, -0.25) is 0 Å². The molecule has 0 heterocycles. The summed E-state index contributed by atoms with van der Waals surface area (Å²) in [7, 11) is -3.72. The Kier molecular flexibility index (Phi) is 5.36. The molecule has 3 N–H and O–H groups in total. The van der Waals surface area contributed by atoms with Crippen LogP contribution < -0.4 is 10.5 Å². The Hall–Kier alpha value is -0.400. The summed E-state index contributed by atoms with van der Waals surface area (Å²) in [6.45, 7) is 1.78. The fourth-order valence-electron chi connectivity index (χ4n) is 1.24. The van der Waals surface area contributed by atoms with Gasteiger partial charge in [-0.25, -0.2) is 13.1 Å². The van der Waals surface area contributed by atoms with Gasteiger partial charge < -0.3 is 5.73 Å². The van der Waals surface area contributed by atoms with Crippen LogP contribution in [0.4, 0.5) is 0 Å². The smallest absolute Gasteiger partial charge is 0.241 e. The molecule has 1 atom stereocenters. The van der Waals surface area contributed by atoms with Crippen molar-refractivity contribution in [1.29, 1.82) is 0 Å². The summed E-state index contributed by atoms with van der Waals surface area (Å²) in [5.41, 5.74) is 5.44. The molecule has 0 radical (unpaired) electrons. The minimum Gasteiger partial charge on any atom is -0.392 e. The normalized spacial score (nSPS) is 13.3. The molecule has 1 rings (SSSR count). The van der Waals surface area contributed by atoms with Crippen molar-refractivity contribution in [3.63, 3.8) is 0 Å². The maximum Gasteiger partial charge on any atom is 0.241 e. The first-order valence-corrected chi connectivity index (χ1v) is 7.69. The van der Waals surface area contributed by atoms with Gasteiger partial charge in [0.2, 0.25) is 10.0 Å². The number of rotatable bonds is 5. The van der Waals surface area contributed by atoms with E-state index in [9.17, 15) is 8.42 Å². The molecule has 0 aliphatic rings. The summed E-state index contributed by atoms with van der Waals surface area (Å²) < 4.78 is 26.5. The third-order valence-corrected chi connectivity index (χ3v) is 4.74. The highest BCUT2D eigenvalue weighted by Gasteiger charge is 2.21. The zero-order valence-corrected chi connectivity index (χ0v) is 12.6. The maximum atomic E-state index is 12.0. The van der Waals surface area contributed by atoms with Crippen LogP contribution in [0.1, 0.15) is 13.3 Å². The number of hydrogen-bond acceptors (Lipinski definition) is 3. The number of nitrogens with one attached hydrogen (secondary N) is 1. The zero-order valence-electron chi connectivity index (χ0n) is 9.48. The SMILES string of the molecule is CCC(NS(=O)(=O)c1ccc(Cl)c(Cl)c1)C(N)=S. The summed E-state index contributed by atoms with van der Waals surface area (Å²) in [6.07, 6.45) is 0.468. The first-order valence-electron chi connectivity index (χ1n) is 5.04. The van der Waals surface area contributed by atoms with Crippen molar-refractivity contribution in [3.8, 4) is 0 Å². The second kappa shape index (κ2) is 6.16. The van der Waals surface area contributed by atoms with Gasteiger partial charge in [0.25, 0.3) is 0 Å². The number of sulfonamides is 1. The molecule has 0 aliphatic carbocycles. The van der Waals surface area contributed by atoms with Gasteiger partial charge in [0.1, 0.15) is 0 Å². The Labute approximate surface area is 122 Å². The van der Waals surface area contributed by atoms with E-state index in [2.05, 4.69) is 4.72 Å². The summed E-state index contributed by atoms with van der Waals surface area (Å²) in [6, 6.07) is 3.47. The van der Waals surface area contributed by atoms with E-state index in [0.29, 0.717) is 6.42 Å². The number of thiocarbonyl (C=S) groups is 1. The van der Waals surface area contributed by atoms with Crippen molar-refractivity contribution in [2.45, 2.75) is 24.3 Å². The van der Waals surface area contributed by atoms with Crippen molar-refractivity contribution in [3.05, 3.63) is 28.2 Å². The van der Waals surface area contributed by atoms with E-state index in [4.69, 9.17) is 41.2 Å². The fourth-order valence-corrected chi connectivity index (χ4v) is 3.23. The molecular formula is C10H12Cl2N2O2S2. The topological polar surface area (TPSA) is 72.2 Å². The molecule has 0 saturated carbocycles. The first kappa shape index (κ1) is 15.7. The second-order valence-electron chi connectivity index (χ2n) is 3.56. The average Bonchev–Trinajstić information content (AvgIpc) is 2.29. The molecule has 0 aromatic heterocycles. The third kappa shape index (κ3) is 3.80. The standard InChI is InChI=1S/C10H12Cl2N2O2S2/c1-2-9(10(13)17)14-18(15,16)6-3-4-7(11)8(12)5-6/h3-5,9,14H,2H2,1H3,(H2,13,17). The molecule has 1 aromatic rings. The lowest BCUT2D eigenvalue weighted by molar-refractivity contribution is 0.572. The molecule has 1 aromatic carbocycles. The highest BCUT2D eigenvalue weighted by molar-refractivity contribution is 7.89.